The van der Waals surface area contributed by atoms with Gasteiger partial charge in [-0.25, -0.2) is 0 Å². The Labute approximate surface area is 202 Å². The molecule has 0 spiro atoms. The molecule has 0 aliphatic rings. The van der Waals surface area contributed by atoms with Crippen LogP contribution in [0.3, 0.4) is 0 Å². The van der Waals surface area contributed by atoms with E-state index in [1.54, 1.807) is 24.6 Å². The molecule has 0 saturated heterocycles. The maximum atomic E-state index is 12.5. The van der Waals surface area contributed by atoms with Crippen LogP contribution in [0.5, 0.6) is 11.5 Å². The summed E-state index contributed by atoms with van der Waals surface area (Å²) < 4.78 is 0. The number of aliphatic imine (C=N–C) groups is 2. The van der Waals surface area contributed by atoms with Crippen molar-refractivity contribution in [3.8, 4) is 11.5 Å². The van der Waals surface area contributed by atoms with Crippen LogP contribution < -0.4 is 10.2 Å². The van der Waals surface area contributed by atoms with Gasteiger partial charge < -0.3 is 10.2 Å². The fraction of sp³-hybridized carbons (Fsp3) is 0. The predicted molar refractivity (Wildman–Crippen MR) is 128 cm³/mol. The Morgan fingerprint density at radius 1 is 0.485 bits per heavy atom. The van der Waals surface area contributed by atoms with E-state index in [0.717, 1.165) is 21.5 Å². The summed E-state index contributed by atoms with van der Waals surface area (Å²) in [6.07, 6.45) is 3.19. The normalized spacial score (nSPS) is 11.4. The van der Waals surface area contributed by atoms with E-state index in [4.69, 9.17) is 0 Å². The van der Waals surface area contributed by atoms with Gasteiger partial charge in [0.1, 0.15) is 0 Å². The molecule has 33 heavy (non-hydrogen) atoms. The molecule has 163 valence electrons. The van der Waals surface area contributed by atoms with Crippen LogP contribution in [0, 0.1) is 0 Å². The Morgan fingerprint density at radius 3 is 1.33 bits per heavy atom. The third kappa shape index (κ3) is 4.51. The number of benzene rings is 5. The number of rotatable bonds is 4. The zero-order valence-corrected chi connectivity index (χ0v) is 18.3. The van der Waals surface area contributed by atoms with Gasteiger partial charge in [-0.05, 0) is 44.8 Å². The van der Waals surface area contributed by atoms with Gasteiger partial charge in [0.05, 0.1) is 11.4 Å². The Bertz CT molecular complexity index is 1390. The van der Waals surface area contributed by atoms with Crippen LogP contribution >= 0.6 is 0 Å². The average Bonchev–Trinajstić information content (AvgIpc) is 2.83. The summed E-state index contributed by atoms with van der Waals surface area (Å²) in [5.74, 6) is -0.166. The molecule has 0 amide bonds. The van der Waals surface area contributed by atoms with E-state index in [-0.39, 0.29) is 28.6 Å². The summed E-state index contributed by atoms with van der Waals surface area (Å²) in [5, 5.41) is 28.6. The van der Waals surface area contributed by atoms with E-state index in [0.29, 0.717) is 22.5 Å². The molecule has 0 saturated carbocycles. The van der Waals surface area contributed by atoms with Crippen LogP contribution in [-0.4, -0.2) is 12.4 Å². The molecule has 0 aliphatic heterocycles. The SMILES string of the molecule is [Cu+2].[O-]c1ccc2ccccc2c1C=Nc1ccccc1N=Cc1c([O-])ccc2ccccc12. The van der Waals surface area contributed by atoms with Crippen molar-refractivity contribution in [2.45, 2.75) is 0 Å². The maximum Gasteiger partial charge on any atom is 2.00 e. The van der Waals surface area contributed by atoms with Crippen molar-refractivity contribution in [1.29, 1.82) is 0 Å². The molecule has 0 aliphatic carbocycles. The topological polar surface area (TPSA) is 70.8 Å². The van der Waals surface area contributed by atoms with Gasteiger partial charge in [0.2, 0.25) is 0 Å². The van der Waals surface area contributed by atoms with Gasteiger partial charge in [-0.1, -0.05) is 96.4 Å². The fourth-order valence-corrected chi connectivity index (χ4v) is 3.77. The zero-order valence-electron chi connectivity index (χ0n) is 17.4. The van der Waals surface area contributed by atoms with Crippen molar-refractivity contribution in [1.82, 2.24) is 0 Å². The molecule has 0 fully saturated rings. The summed E-state index contributed by atoms with van der Waals surface area (Å²) in [7, 11) is 0. The van der Waals surface area contributed by atoms with Crippen LogP contribution in [0.25, 0.3) is 21.5 Å². The molecule has 0 unspecified atom stereocenters. The molecule has 5 aromatic carbocycles. The van der Waals surface area contributed by atoms with Gasteiger partial charge in [-0.2, -0.15) is 0 Å². The first-order valence-corrected chi connectivity index (χ1v) is 10.3. The van der Waals surface area contributed by atoms with Crippen LogP contribution in [0.15, 0.2) is 107 Å². The average molecular weight is 478 g/mol. The third-order valence-electron chi connectivity index (χ3n) is 5.41. The summed E-state index contributed by atoms with van der Waals surface area (Å²) in [6, 6.07) is 29.6. The first kappa shape index (κ1) is 22.3. The Balaban J connectivity index is 0.00000259. The molecule has 5 rings (SSSR count). The van der Waals surface area contributed by atoms with Crippen molar-refractivity contribution < 1.29 is 27.3 Å². The first-order chi connectivity index (χ1) is 15.7. The molecule has 0 heterocycles. The van der Waals surface area contributed by atoms with E-state index in [2.05, 4.69) is 9.98 Å². The molecule has 4 nitrogen and oxygen atoms in total. The largest absolute Gasteiger partial charge is 2.00 e. The predicted octanol–water partition coefficient (Wildman–Crippen LogP) is 5.64. The van der Waals surface area contributed by atoms with E-state index in [1.807, 2.05) is 84.9 Å². The van der Waals surface area contributed by atoms with Crippen molar-refractivity contribution in [2.24, 2.45) is 9.98 Å². The molecule has 0 N–H and O–H groups in total. The second-order valence-corrected chi connectivity index (χ2v) is 7.40. The number of fused-ring (bicyclic) bond motifs is 2. The Hall–Kier alpha value is -3.92. The molecule has 1 radical (unpaired) electrons. The van der Waals surface area contributed by atoms with E-state index < -0.39 is 0 Å². The quantitative estimate of drug-likeness (QED) is 0.248. The summed E-state index contributed by atoms with van der Waals surface area (Å²) in [6.45, 7) is 0. The van der Waals surface area contributed by atoms with Crippen molar-refractivity contribution in [3.05, 3.63) is 108 Å². The fourth-order valence-electron chi connectivity index (χ4n) is 3.77. The zero-order chi connectivity index (χ0) is 21.9. The van der Waals surface area contributed by atoms with Crippen molar-refractivity contribution >= 4 is 45.3 Å². The molecule has 5 aromatic rings. The molecule has 0 atom stereocenters. The van der Waals surface area contributed by atoms with E-state index in [9.17, 15) is 10.2 Å². The number of nitrogens with zero attached hydrogens (tertiary/aromatic N) is 2. The number of hydrogen-bond acceptors (Lipinski definition) is 4. The summed E-state index contributed by atoms with van der Waals surface area (Å²) in [4.78, 5) is 9.14. The van der Waals surface area contributed by atoms with E-state index in [1.165, 1.54) is 0 Å². The van der Waals surface area contributed by atoms with Crippen LogP contribution in [-0.2, 0) is 17.1 Å². The second-order valence-electron chi connectivity index (χ2n) is 7.40. The van der Waals surface area contributed by atoms with Gasteiger partial charge in [0.25, 0.3) is 0 Å². The Morgan fingerprint density at radius 2 is 0.879 bits per heavy atom. The number of para-hydroxylation sites is 2. The van der Waals surface area contributed by atoms with Crippen molar-refractivity contribution in [2.75, 3.05) is 0 Å². The smallest absolute Gasteiger partial charge is 0.872 e. The van der Waals surface area contributed by atoms with Crippen LogP contribution in [0.4, 0.5) is 11.4 Å². The number of hydrogen-bond donors (Lipinski definition) is 0. The summed E-state index contributed by atoms with van der Waals surface area (Å²) >= 11 is 0. The first-order valence-electron chi connectivity index (χ1n) is 10.3. The minimum atomic E-state index is -0.0832. The molecular formula is C28H18CuN2O2. The van der Waals surface area contributed by atoms with E-state index >= 15 is 0 Å². The molecule has 0 aromatic heterocycles. The minimum absolute atomic E-state index is 0. The molecular weight excluding hydrogens is 460 g/mol. The van der Waals surface area contributed by atoms with Gasteiger partial charge >= 0.3 is 17.1 Å². The second kappa shape index (κ2) is 9.70. The monoisotopic (exact) mass is 477 g/mol. The van der Waals surface area contributed by atoms with Gasteiger partial charge in [-0.3, -0.25) is 9.98 Å². The van der Waals surface area contributed by atoms with Gasteiger partial charge in [0, 0.05) is 12.4 Å². The standard InChI is InChI=1S/C28H20N2O2.Cu/c31-27-15-13-19-7-1-3-9-21(19)23(27)17-29-25-11-5-6-12-26(25)30-18-24-22-10-4-2-8-20(22)14-16-28(24)32;/h1-18,31-32H;/q;+2/p-2. The third-order valence-corrected chi connectivity index (χ3v) is 5.41. The maximum absolute atomic E-state index is 12.5. The molecule has 0 bridgehead atoms. The van der Waals surface area contributed by atoms with Crippen LogP contribution in [0.1, 0.15) is 11.1 Å². The van der Waals surface area contributed by atoms with Crippen molar-refractivity contribution in [3.63, 3.8) is 0 Å². The Kier molecular flexibility index (Phi) is 6.55. The minimum Gasteiger partial charge on any atom is -0.872 e. The molecule has 5 heteroatoms. The van der Waals surface area contributed by atoms with Gasteiger partial charge in [0.15, 0.2) is 0 Å². The van der Waals surface area contributed by atoms with Gasteiger partial charge in [-0.15, -0.1) is 0 Å². The summed E-state index contributed by atoms with van der Waals surface area (Å²) in [5.41, 5.74) is 2.31. The van der Waals surface area contributed by atoms with Crippen LogP contribution in [0.2, 0.25) is 0 Å².